The van der Waals surface area contributed by atoms with Gasteiger partial charge in [0.15, 0.2) is 5.02 Å². The van der Waals surface area contributed by atoms with Crippen molar-refractivity contribution in [3.8, 4) is 17.6 Å². The van der Waals surface area contributed by atoms with Gasteiger partial charge in [-0.15, -0.1) is 0 Å². The number of methoxy groups -OCH3 is 1. The number of carbonyl (C=O) groups excluding carboxylic acids is 2. The molecule has 2 rings (SSSR count). The number of nitrogens with zero attached hydrogens (tertiary/aromatic N) is 2. The van der Waals surface area contributed by atoms with Crippen molar-refractivity contribution in [1.82, 2.24) is 4.90 Å². The zero-order valence-electron chi connectivity index (χ0n) is 16.5. The fraction of sp³-hybridized carbons (Fsp3) is 0.474. The number of nitro benzene ring substituents is 1. The van der Waals surface area contributed by atoms with Crippen LogP contribution in [0.5, 0.6) is 5.75 Å². The molecule has 0 bridgehead atoms. The Balaban J connectivity index is 1.95. The van der Waals surface area contributed by atoms with Crippen LogP contribution in [0.3, 0.4) is 0 Å². The minimum atomic E-state index is -0.752. The molecule has 1 fully saturated rings. The molecular weight excluding hydrogens is 404 g/mol. The van der Waals surface area contributed by atoms with Crippen molar-refractivity contribution in [3.05, 3.63) is 32.8 Å². The SMILES string of the molecule is COC(=O)c1cc(OCC#CC2CN(C(=O)OC(C)(C)C)C2)c(Cl)c([N+](=O)[O-])c1. The van der Waals surface area contributed by atoms with Gasteiger partial charge in [-0.2, -0.15) is 0 Å². The smallest absolute Gasteiger partial charge is 0.410 e. The Morgan fingerprint density at radius 3 is 2.55 bits per heavy atom. The maximum atomic E-state index is 11.9. The lowest BCUT2D eigenvalue weighted by Crippen LogP contribution is -2.51. The van der Waals surface area contributed by atoms with E-state index in [1.54, 1.807) is 25.7 Å². The summed E-state index contributed by atoms with van der Waals surface area (Å²) in [5.74, 6) is 4.93. The van der Waals surface area contributed by atoms with Crippen LogP contribution in [0.25, 0.3) is 0 Å². The van der Waals surface area contributed by atoms with Gasteiger partial charge in [-0.3, -0.25) is 10.1 Å². The maximum Gasteiger partial charge on any atom is 0.410 e. The molecule has 0 N–H and O–H groups in total. The van der Waals surface area contributed by atoms with Crippen LogP contribution >= 0.6 is 11.6 Å². The second-order valence-electron chi connectivity index (χ2n) is 7.25. The zero-order chi connectivity index (χ0) is 21.8. The van der Waals surface area contributed by atoms with Gasteiger partial charge in [-0.1, -0.05) is 23.4 Å². The monoisotopic (exact) mass is 424 g/mol. The minimum Gasteiger partial charge on any atom is -0.479 e. The molecular formula is C19H21ClN2O7. The van der Waals surface area contributed by atoms with E-state index in [1.165, 1.54) is 6.07 Å². The van der Waals surface area contributed by atoms with E-state index in [4.69, 9.17) is 21.1 Å². The van der Waals surface area contributed by atoms with Gasteiger partial charge in [0.25, 0.3) is 5.69 Å². The molecule has 1 aromatic carbocycles. The molecule has 0 atom stereocenters. The van der Waals surface area contributed by atoms with Crippen molar-refractivity contribution in [2.45, 2.75) is 26.4 Å². The number of benzene rings is 1. The summed E-state index contributed by atoms with van der Waals surface area (Å²) in [7, 11) is 1.16. The molecule has 0 saturated carbocycles. The topological polar surface area (TPSA) is 108 Å². The Labute approximate surface area is 173 Å². The van der Waals surface area contributed by atoms with Gasteiger partial charge < -0.3 is 19.1 Å². The number of hydrogen-bond acceptors (Lipinski definition) is 7. The van der Waals surface area contributed by atoms with Crippen LogP contribution in [-0.2, 0) is 9.47 Å². The number of nitro groups is 1. The van der Waals surface area contributed by atoms with E-state index in [2.05, 4.69) is 16.6 Å². The van der Waals surface area contributed by atoms with E-state index in [0.29, 0.717) is 13.1 Å². The largest absolute Gasteiger partial charge is 0.479 e. The Kier molecular flexibility index (Phi) is 6.93. The molecule has 1 aromatic rings. The predicted molar refractivity (Wildman–Crippen MR) is 104 cm³/mol. The summed E-state index contributed by atoms with van der Waals surface area (Å²) in [5, 5.41) is 10.9. The molecule has 29 heavy (non-hydrogen) atoms. The summed E-state index contributed by atoms with van der Waals surface area (Å²) in [6, 6.07) is 2.28. The number of rotatable bonds is 4. The summed E-state index contributed by atoms with van der Waals surface area (Å²) in [6.07, 6.45) is -0.384. The normalized spacial score (nSPS) is 13.6. The van der Waals surface area contributed by atoms with Crippen LogP contribution in [0.15, 0.2) is 12.1 Å². The molecule has 1 amide bonds. The number of carbonyl (C=O) groups is 2. The second-order valence-corrected chi connectivity index (χ2v) is 7.63. The third-order valence-electron chi connectivity index (χ3n) is 3.78. The highest BCUT2D eigenvalue weighted by Crippen LogP contribution is 2.35. The van der Waals surface area contributed by atoms with E-state index in [9.17, 15) is 19.7 Å². The third kappa shape index (κ3) is 5.99. The average Bonchev–Trinajstić information content (AvgIpc) is 2.58. The van der Waals surface area contributed by atoms with Gasteiger partial charge in [0.1, 0.15) is 18.0 Å². The van der Waals surface area contributed by atoms with E-state index in [0.717, 1.165) is 13.2 Å². The Morgan fingerprint density at radius 1 is 1.34 bits per heavy atom. The highest BCUT2D eigenvalue weighted by Gasteiger charge is 2.32. The quantitative estimate of drug-likeness (QED) is 0.316. The summed E-state index contributed by atoms with van der Waals surface area (Å²) in [5.41, 5.74) is -1.08. The molecule has 1 saturated heterocycles. The first-order valence-electron chi connectivity index (χ1n) is 8.67. The fourth-order valence-corrected chi connectivity index (χ4v) is 2.63. The Bertz CT molecular complexity index is 877. The summed E-state index contributed by atoms with van der Waals surface area (Å²) in [6.45, 7) is 6.19. The van der Waals surface area contributed by atoms with Crippen LogP contribution in [0.4, 0.5) is 10.5 Å². The van der Waals surface area contributed by atoms with Crippen LogP contribution < -0.4 is 4.74 Å². The summed E-state index contributed by atoms with van der Waals surface area (Å²) < 4.78 is 15.2. The van der Waals surface area contributed by atoms with E-state index in [-0.39, 0.29) is 35.0 Å². The standard InChI is InChI=1S/C19H21ClN2O7/c1-19(2,3)29-18(24)21-10-12(11-21)6-5-7-28-15-9-13(17(23)27-4)8-14(16(15)20)22(25)26/h8-9,12H,7,10-11H2,1-4H3. The van der Waals surface area contributed by atoms with Crippen LogP contribution in [0.2, 0.25) is 5.02 Å². The van der Waals surface area contributed by atoms with E-state index in [1.807, 2.05) is 0 Å². The highest BCUT2D eigenvalue weighted by molar-refractivity contribution is 6.34. The lowest BCUT2D eigenvalue weighted by atomic mass is 10.0. The maximum absolute atomic E-state index is 11.9. The van der Waals surface area contributed by atoms with Gasteiger partial charge in [0.05, 0.1) is 23.5 Å². The molecule has 9 nitrogen and oxygen atoms in total. The van der Waals surface area contributed by atoms with Crippen molar-refractivity contribution < 1.29 is 28.7 Å². The molecule has 0 aromatic heterocycles. The number of esters is 1. The molecule has 0 spiro atoms. The number of ether oxygens (including phenoxy) is 3. The van der Waals surface area contributed by atoms with Crippen molar-refractivity contribution in [2.75, 3.05) is 26.8 Å². The van der Waals surface area contributed by atoms with Gasteiger partial charge in [-0.05, 0) is 26.8 Å². The first-order chi connectivity index (χ1) is 13.5. The minimum absolute atomic E-state index is 0.0164. The lowest BCUT2D eigenvalue weighted by Gasteiger charge is -2.37. The van der Waals surface area contributed by atoms with E-state index >= 15 is 0 Å². The van der Waals surface area contributed by atoms with Crippen molar-refractivity contribution in [1.29, 1.82) is 0 Å². The molecule has 0 aliphatic carbocycles. The van der Waals surface area contributed by atoms with Crippen LogP contribution in [-0.4, -0.2) is 54.3 Å². The molecule has 0 unspecified atom stereocenters. The molecule has 1 aliphatic rings. The number of halogens is 1. The van der Waals surface area contributed by atoms with Gasteiger partial charge in [0.2, 0.25) is 0 Å². The second kappa shape index (κ2) is 9.01. The average molecular weight is 425 g/mol. The third-order valence-corrected chi connectivity index (χ3v) is 4.16. The molecule has 10 heteroatoms. The number of amides is 1. The fourth-order valence-electron chi connectivity index (χ4n) is 2.40. The predicted octanol–water partition coefficient (Wildman–Crippen LogP) is 3.28. The van der Waals surface area contributed by atoms with Gasteiger partial charge >= 0.3 is 12.1 Å². The van der Waals surface area contributed by atoms with Crippen molar-refractivity contribution in [3.63, 3.8) is 0 Å². The van der Waals surface area contributed by atoms with Gasteiger partial charge in [-0.25, -0.2) is 9.59 Å². The molecule has 1 aliphatic heterocycles. The molecule has 1 heterocycles. The van der Waals surface area contributed by atoms with Gasteiger partial charge in [0, 0.05) is 19.2 Å². The summed E-state index contributed by atoms with van der Waals surface area (Å²) >= 11 is 5.99. The van der Waals surface area contributed by atoms with Crippen LogP contribution in [0, 0.1) is 27.9 Å². The zero-order valence-corrected chi connectivity index (χ0v) is 17.2. The van der Waals surface area contributed by atoms with Crippen molar-refractivity contribution >= 4 is 29.4 Å². The number of hydrogen-bond donors (Lipinski definition) is 0. The Hall–Kier alpha value is -2.99. The molecule has 156 valence electrons. The highest BCUT2D eigenvalue weighted by atomic mass is 35.5. The van der Waals surface area contributed by atoms with Crippen molar-refractivity contribution in [2.24, 2.45) is 5.92 Å². The number of likely N-dealkylation sites (tertiary alicyclic amines) is 1. The first kappa shape index (κ1) is 22.3. The lowest BCUT2D eigenvalue weighted by molar-refractivity contribution is -0.384. The molecule has 0 radical (unpaired) electrons. The first-order valence-corrected chi connectivity index (χ1v) is 9.05. The Morgan fingerprint density at radius 2 is 2.00 bits per heavy atom. The van der Waals surface area contributed by atoms with E-state index < -0.39 is 22.2 Å². The van der Waals surface area contributed by atoms with Crippen LogP contribution in [0.1, 0.15) is 31.1 Å². The summed E-state index contributed by atoms with van der Waals surface area (Å²) in [4.78, 5) is 35.5.